The number of aliphatic hydroxyl groups is 1. The molecule has 0 aliphatic carbocycles. The molecule has 0 aromatic heterocycles. The van der Waals surface area contributed by atoms with Crippen LogP contribution in [-0.4, -0.2) is 41.8 Å². The maximum Gasteiger partial charge on any atom is 0.0866 e. The van der Waals surface area contributed by atoms with Crippen LogP contribution in [0.3, 0.4) is 0 Å². The summed E-state index contributed by atoms with van der Waals surface area (Å²) in [6.07, 6.45) is 0.643. The zero-order valence-corrected chi connectivity index (χ0v) is 12.0. The average Bonchev–Trinajstić information content (AvgIpc) is 2.46. The molecule has 1 aliphatic heterocycles. The van der Waals surface area contributed by atoms with Crippen LogP contribution < -0.4 is 5.32 Å². The number of aliphatic hydroxyl groups excluding tert-OH is 1. The molecule has 2 rings (SSSR count). The van der Waals surface area contributed by atoms with Crippen LogP contribution in [0.1, 0.15) is 18.9 Å². The predicted molar refractivity (Wildman–Crippen MR) is 78.9 cm³/mol. The van der Waals surface area contributed by atoms with Crippen LogP contribution in [0.15, 0.2) is 30.3 Å². The largest absolute Gasteiger partial charge is 0.393 e. The molecule has 3 unspecified atom stereocenters. The summed E-state index contributed by atoms with van der Waals surface area (Å²) in [5, 5.41) is 22.2. The van der Waals surface area contributed by atoms with E-state index < -0.39 is 0 Å². The summed E-state index contributed by atoms with van der Waals surface area (Å²) in [5.74, 6) is 0.241. The van der Waals surface area contributed by atoms with Crippen molar-refractivity contribution >= 4 is 0 Å². The number of nitrogens with one attached hydrogen (secondary N) is 1. The highest BCUT2D eigenvalue weighted by molar-refractivity contribution is 5.14. The van der Waals surface area contributed by atoms with Crippen molar-refractivity contribution in [1.82, 2.24) is 10.2 Å². The highest BCUT2D eigenvalue weighted by atomic mass is 16.3. The van der Waals surface area contributed by atoms with Crippen molar-refractivity contribution in [3.8, 4) is 6.07 Å². The molecule has 1 heterocycles. The third-order valence-electron chi connectivity index (χ3n) is 3.97. The zero-order valence-electron chi connectivity index (χ0n) is 12.0. The Bertz CT molecular complexity index is 441. The first-order valence-corrected chi connectivity index (χ1v) is 7.23. The normalized spacial score (nSPS) is 25.1. The molecule has 3 atom stereocenters. The molecule has 1 aliphatic rings. The number of benzene rings is 1. The van der Waals surface area contributed by atoms with E-state index in [-0.39, 0.29) is 12.0 Å². The number of piperidine rings is 1. The van der Waals surface area contributed by atoms with Crippen LogP contribution in [0.5, 0.6) is 0 Å². The summed E-state index contributed by atoms with van der Waals surface area (Å²) in [6.45, 7) is 4.80. The van der Waals surface area contributed by atoms with Crippen molar-refractivity contribution < 1.29 is 5.11 Å². The zero-order chi connectivity index (χ0) is 14.4. The number of hydrogen-bond acceptors (Lipinski definition) is 4. The van der Waals surface area contributed by atoms with Crippen molar-refractivity contribution in [2.24, 2.45) is 5.92 Å². The van der Waals surface area contributed by atoms with Gasteiger partial charge in [0.25, 0.3) is 0 Å². The van der Waals surface area contributed by atoms with Gasteiger partial charge in [0.2, 0.25) is 0 Å². The summed E-state index contributed by atoms with van der Waals surface area (Å²) in [7, 11) is 0. The topological polar surface area (TPSA) is 59.3 Å². The molecule has 0 amide bonds. The van der Waals surface area contributed by atoms with Gasteiger partial charge in [0.05, 0.1) is 18.7 Å². The van der Waals surface area contributed by atoms with Crippen LogP contribution >= 0.6 is 0 Å². The van der Waals surface area contributed by atoms with Gasteiger partial charge in [0.1, 0.15) is 0 Å². The smallest absolute Gasteiger partial charge is 0.0866 e. The maximum absolute atomic E-state index is 9.83. The van der Waals surface area contributed by atoms with E-state index in [1.54, 1.807) is 0 Å². The minimum atomic E-state index is -0.322. The number of hydrogen-bond donors (Lipinski definition) is 2. The van der Waals surface area contributed by atoms with Gasteiger partial charge in [-0.3, -0.25) is 4.90 Å². The van der Waals surface area contributed by atoms with E-state index in [9.17, 15) is 5.11 Å². The Hall–Kier alpha value is -1.41. The molecule has 2 N–H and O–H groups in total. The standard InChI is InChI=1S/C16H23N3O/c1-13(20)15-9-16(12-19(11-15)8-7-17)18-10-14-5-3-2-4-6-14/h2-6,13,15-16,18,20H,8-12H2,1H3. The second-order valence-electron chi connectivity index (χ2n) is 5.65. The van der Waals surface area contributed by atoms with Gasteiger partial charge >= 0.3 is 0 Å². The quantitative estimate of drug-likeness (QED) is 0.796. The molecule has 1 aromatic rings. The first-order chi connectivity index (χ1) is 9.69. The van der Waals surface area contributed by atoms with Gasteiger partial charge in [-0.25, -0.2) is 0 Å². The number of likely N-dealkylation sites (tertiary alicyclic amines) is 1. The van der Waals surface area contributed by atoms with Crippen molar-refractivity contribution in [3.63, 3.8) is 0 Å². The van der Waals surface area contributed by atoms with Crippen LogP contribution in [0, 0.1) is 17.2 Å². The molecule has 20 heavy (non-hydrogen) atoms. The number of nitrogens with zero attached hydrogens (tertiary/aromatic N) is 2. The van der Waals surface area contributed by atoms with Crippen molar-refractivity contribution in [2.75, 3.05) is 19.6 Å². The van der Waals surface area contributed by atoms with Gasteiger partial charge in [-0.2, -0.15) is 5.26 Å². The van der Waals surface area contributed by atoms with Crippen molar-refractivity contribution in [1.29, 1.82) is 5.26 Å². The van der Waals surface area contributed by atoms with E-state index in [0.29, 0.717) is 12.6 Å². The van der Waals surface area contributed by atoms with E-state index in [1.165, 1.54) is 5.56 Å². The third-order valence-corrected chi connectivity index (χ3v) is 3.97. The molecule has 0 bridgehead atoms. The molecule has 4 nitrogen and oxygen atoms in total. The Morgan fingerprint density at radius 1 is 1.40 bits per heavy atom. The van der Waals surface area contributed by atoms with Crippen molar-refractivity contribution in [2.45, 2.75) is 32.0 Å². The summed E-state index contributed by atoms with van der Waals surface area (Å²) in [4.78, 5) is 2.13. The van der Waals surface area contributed by atoms with Gasteiger partial charge in [-0.1, -0.05) is 30.3 Å². The minimum absolute atomic E-state index is 0.241. The second-order valence-corrected chi connectivity index (χ2v) is 5.65. The van der Waals surface area contributed by atoms with E-state index >= 15 is 0 Å². The summed E-state index contributed by atoms with van der Waals surface area (Å²) < 4.78 is 0. The lowest BCUT2D eigenvalue weighted by molar-refractivity contribution is 0.0531. The van der Waals surface area contributed by atoms with Gasteiger partial charge in [0.15, 0.2) is 0 Å². The Kier molecular flexibility index (Phi) is 5.54. The van der Waals surface area contributed by atoms with E-state index in [4.69, 9.17) is 5.26 Å². The molecule has 108 valence electrons. The molecule has 1 fully saturated rings. The number of rotatable bonds is 5. The van der Waals surface area contributed by atoms with Crippen LogP contribution in [0.2, 0.25) is 0 Å². The maximum atomic E-state index is 9.83. The fourth-order valence-electron chi connectivity index (χ4n) is 2.82. The molecular weight excluding hydrogens is 250 g/mol. The van der Waals surface area contributed by atoms with E-state index in [1.807, 2.05) is 25.1 Å². The fourth-order valence-corrected chi connectivity index (χ4v) is 2.82. The second kappa shape index (κ2) is 7.39. The van der Waals surface area contributed by atoms with Gasteiger partial charge in [0, 0.05) is 25.7 Å². The summed E-state index contributed by atoms with van der Waals surface area (Å²) in [6, 6.07) is 12.8. The molecular formula is C16H23N3O. The predicted octanol–water partition coefficient (Wildman–Crippen LogP) is 1.37. The molecule has 0 radical (unpaired) electrons. The lowest BCUT2D eigenvalue weighted by Crippen LogP contribution is -2.51. The average molecular weight is 273 g/mol. The molecule has 1 saturated heterocycles. The fraction of sp³-hybridized carbons (Fsp3) is 0.562. The molecule has 1 aromatic carbocycles. The van der Waals surface area contributed by atoms with E-state index in [2.05, 4.69) is 28.4 Å². The lowest BCUT2D eigenvalue weighted by atomic mass is 9.90. The first-order valence-electron chi connectivity index (χ1n) is 7.23. The Morgan fingerprint density at radius 2 is 2.15 bits per heavy atom. The Morgan fingerprint density at radius 3 is 2.80 bits per heavy atom. The number of nitriles is 1. The SMILES string of the molecule is CC(O)C1CC(NCc2ccccc2)CN(CC#N)C1. The van der Waals surface area contributed by atoms with Crippen LogP contribution in [-0.2, 0) is 6.54 Å². The van der Waals surface area contributed by atoms with Gasteiger partial charge < -0.3 is 10.4 Å². The van der Waals surface area contributed by atoms with Crippen molar-refractivity contribution in [3.05, 3.63) is 35.9 Å². The molecule has 0 saturated carbocycles. The minimum Gasteiger partial charge on any atom is -0.393 e. The van der Waals surface area contributed by atoms with Crippen LogP contribution in [0.4, 0.5) is 0 Å². The van der Waals surface area contributed by atoms with Crippen LogP contribution in [0.25, 0.3) is 0 Å². The monoisotopic (exact) mass is 273 g/mol. The molecule has 0 spiro atoms. The van der Waals surface area contributed by atoms with E-state index in [0.717, 1.165) is 26.1 Å². The Labute approximate surface area is 121 Å². The summed E-state index contributed by atoms with van der Waals surface area (Å²) >= 11 is 0. The lowest BCUT2D eigenvalue weighted by Gasteiger charge is -2.38. The van der Waals surface area contributed by atoms with Gasteiger partial charge in [-0.15, -0.1) is 0 Å². The first kappa shape index (κ1) is 15.0. The highest BCUT2D eigenvalue weighted by Gasteiger charge is 2.29. The highest BCUT2D eigenvalue weighted by Crippen LogP contribution is 2.20. The Balaban J connectivity index is 1.90. The van der Waals surface area contributed by atoms with Gasteiger partial charge in [-0.05, 0) is 24.8 Å². The molecule has 4 heteroatoms. The summed E-state index contributed by atoms with van der Waals surface area (Å²) in [5.41, 5.74) is 1.26. The third kappa shape index (κ3) is 4.31.